The Morgan fingerprint density at radius 1 is 1.17 bits per heavy atom. The topological polar surface area (TPSA) is 67.4 Å². The number of nitrogens with zero attached hydrogens (tertiary/aromatic N) is 3. The normalized spacial score (nSPS) is 11.5. The summed E-state index contributed by atoms with van der Waals surface area (Å²) in [7, 11) is 1.77. The van der Waals surface area contributed by atoms with Crippen molar-refractivity contribution in [3.63, 3.8) is 0 Å². The number of nitrogens with one attached hydrogen (secondary N) is 2. The van der Waals surface area contributed by atoms with Crippen molar-refractivity contribution < 1.29 is 4.42 Å². The molecule has 0 aliphatic heterocycles. The molecule has 3 rings (SSSR count). The van der Waals surface area contributed by atoms with Crippen molar-refractivity contribution in [3.8, 4) is 5.69 Å². The predicted molar refractivity (Wildman–Crippen MR) is 94.2 cm³/mol. The first-order valence-electron chi connectivity index (χ1n) is 7.90. The summed E-state index contributed by atoms with van der Waals surface area (Å²) >= 11 is 0. The van der Waals surface area contributed by atoms with Crippen LogP contribution < -0.4 is 10.6 Å². The molecule has 0 radical (unpaired) electrons. The van der Waals surface area contributed by atoms with Gasteiger partial charge in [-0.3, -0.25) is 4.99 Å². The third-order valence-corrected chi connectivity index (χ3v) is 3.68. The Balaban J connectivity index is 1.45. The van der Waals surface area contributed by atoms with Gasteiger partial charge in [-0.2, -0.15) is 5.10 Å². The van der Waals surface area contributed by atoms with Gasteiger partial charge in [-0.15, -0.1) is 0 Å². The molecule has 24 heavy (non-hydrogen) atoms. The maximum atomic E-state index is 5.05. The molecular formula is C18H21N5O. The van der Waals surface area contributed by atoms with Crippen molar-refractivity contribution in [2.75, 3.05) is 13.6 Å². The highest BCUT2D eigenvalue weighted by molar-refractivity contribution is 5.79. The van der Waals surface area contributed by atoms with Gasteiger partial charge in [0, 0.05) is 38.1 Å². The third kappa shape index (κ3) is 4.25. The number of rotatable bonds is 6. The molecule has 0 spiro atoms. The average molecular weight is 323 g/mol. The summed E-state index contributed by atoms with van der Waals surface area (Å²) < 4.78 is 6.90. The van der Waals surface area contributed by atoms with Gasteiger partial charge in [-0.1, -0.05) is 12.1 Å². The zero-order chi connectivity index (χ0) is 16.6. The summed E-state index contributed by atoms with van der Waals surface area (Å²) in [4.78, 5) is 4.22. The zero-order valence-corrected chi connectivity index (χ0v) is 13.6. The Morgan fingerprint density at radius 2 is 2.04 bits per heavy atom. The van der Waals surface area contributed by atoms with Gasteiger partial charge in [0.15, 0.2) is 5.96 Å². The van der Waals surface area contributed by atoms with Crippen LogP contribution in [0.25, 0.3) is 5.69 Å². The van der Waals surface area contributed by atoms with E-state index in [0.717, 1.165) is 30.2 Å². The fourth-order valence-corrected chi connectivity index (χ4v) is 2.36. The minimum Gasteiger partial charge on any atom is -0.472 e. The van der Waals surface area contributed by atoms with E-state index >= 15 is 0 Å². The quantitative estimate of drug-likeness (QED) is 0.540. The van der Waals surface area contributed by atoms with Crippen LogP contribution in [-0.2, 0) is 13.0 Å². The lowest BCUT2D eigenvalue weighted by Gasteiger charge is -2.11. The molecule has 2 aromatic heterocycles. The summed E-state index contributed by atoms with van der Waals surface area (Å²) in [5.41, 5.74) is 3.42. The molecule has 0 unspecified atom stereocenters. The Labute approximate surface area is 141 Å². The van der Waals surface area contributed by atoms with E-state index in [2.05, 4.69) is 45.0 Å². The van der Waals surface area contributed by atoms with Crippen molar-refractivity contribution in [2.24, 2.45) is 4.99 Å². The Hall–Kier alpha value is -3.02. The first-order chi connectivity index (χ1) is 11.8. The van der Waals surface area contributed by atoms with Gasteiger partial charge < -0.3 is 15.1 Å². The lowest BCUT2D eigenvalue weighted by atomic mass is 10.1. The smallest absolute Gasteiger partial charge is 0.191 e. The molecule has 0 saturated heterocycles. The lowest BCUT2D eigenvalue weighted by molar-refractivity contribution is 0.563. The van der Waals surface area contributed by atoms with Crippen LogP contribution in [0.15, 0.2) is 70.7 Å². The zero-order valence-electron chi connectivity index (χ0n) is 13.6. The molecular weight excluding hydrogens is 302 g/mol. The molecule has 0 aliphatic carbocycles. The van der Waals surface area contributed by atoms with Crippen LogP contribution in [0.5, 0.6) is 0 Å². The number of guanidine groups is 1. The molecule has 0 atom stereocenters. The van der Waals surface area contributed by atoms with Crippen molar-refractivity contribution in [1.82, 2.24) is 20.4 Å². The fourth-order valence-electron chi connectivity index (χ4n) is 2.36. The second kappa shape index (κ2) is 8.01. The molecule has 0 amide bonds. The molecule has 0 saturated carbocycles. The van der Waals surface area contributed by atoms with E-state index in [-0.39, 0.29) is 0 Å². The molecule has 0 aliphatic rings. The number of aromatic nitrogens is 2. The lowest BCUT2D eigenvalue weighted by Crippen LogP contribution is -2.37. The molecule has 6 nitrogen and oxygen atoms in total. The van der Waals surface area contributed by atoms with Gasteiger partial charge in [-0.05, 0) is 36.2 Å². The van der Waals surface area contributed by atoms with Gasteiger partial charge >= 0.3 is 0 Å². The van der Waals surface area contributed by atoms with E-state index in [4.69, 9.17) is 4.42 Å². The van der Waals surface area contributed by atoms with Crippen molar-refractivity contribution in [2.45, 2.75) is 13.0 Å². The molecule has 0 bridgehead atoms. The van der Waals surface area contributed by atoms with Gasteiger partial charge in [0.05, 0.1) is 18.2 Å². The summed E-state index contributed by atoms with van der Waals surface area (Å²) in [6.07, 6.45) is 8.03. The van der Waals surface area contributed by atoms with Crippen LogP contribution in [0, 0.1) is 0 Å². The van der Waals surface area contributed by atoms with Crippen LogP contribution in [-0.4, -0.2) is 29.3 Å². The molecule has 124 valence electrons. The number of furan rings is 1. The van der Waals surface area contributed by atoms with E-state index < -0.39 is 0 Å². The van der Waals surface area contributed by atoms with Crippen molar-refractivity contribution >= 4 is 5.96 Å². The first-order valence-corrected chi connectivity index (χ1v) is 7.90. The van der Waals surface area contributed by atoms with E-state index in [1.807, 2.05) is 23.0 Å². The molecule has 3 aromatic rings. The van der Waals surface area contributed by atoms with Crippen molar-refractivity contribution in [1.29, 1.82) is 0 Å². The molecule has 6 heteroatoms. The van der Waals surface area contributed by atoms with Crippen LogP contribution >= 0.6 is 0 Å². The fraction of sp³-hybridized carbons (Fsp3) is 0.222. The van der Waals surface area contributed by atoms with Gasteiger partial charge in [0.25, 0.3) is 0 Å². The Bertz CT molecular complexity index is 745. The van der Waals surface area contributed by atoms with Gasteiger partial charge in [-0.25, -0.2) is 4.68 Å². The first kappa shape index (κ1) is 15.9. The maximum absolute atomic E-state index is 5.05. The second-order valence-corrected chi connectivity index (χ2v) is 5.35. The molecule has 1 aromatic carbocycles. The van der Waals surface area contributed by atoms with Gasteiger partial charge in [0.2, 0.25) is 0 Å². The highest BCUT2D eigenvalue weighted by Gasteiger charge is 2.01. The van der Waals surface area contributed by atoms with Crippen molar-refractivity contribution in [3.05, 3.63) is 72.4 Å². The van der Waals surface area contributed by atoms with Crippen LogP contribution in [0.2, 0.25) is 0 Å². The Kier molecular flexibility index (Phi) is 5.29. The molecule has 2 N–H and O–H groups in total. The second-order valence-electron chi connectivity index (χ2n) is 5.35. The minimum absolute atomic E-state index is 0.689. The van der Waals surface area contributed by atoms with E-state index in [9.17, 15) is 0 Å². The van der Waals surface area contributed by atoms with Crippen LogP contribution in [0.1, 0.15) is 11.1 Å². The van der Waals surface area contributed by atoms with E-state index in [1.165, 1.54) is 5.56 Å². The number of benzene rings is 1. The average Bonchev–Trinajstić information content (AvgIpc) is 3.32. The van der Waals surface area contributed by atoms with Crippen LogP contribution in [0.4, 0.5) is 0 Å². The number of aliphatic imine (C=N–C) groups is 1. The predicted octanol–water partition coefficient (Wildman–Crippen LogP) is 2.37. The summed E-state index contributed by atoms with van der Waals surface area (Å²) in [5.74, 6) is 0.782. The van der Waals surface area contributed by atoms with Gasteiger partial charge in [0.1, 0.15) is 0 Å². The Morgan fingerprint density at radius 3 is 2.71 bits per heavy atom. The maximum Gasteiger partial charge on any atom is 0.191 e. The van der Waals surface area contributed by atoms with E-state index in [0.29, 0.717) is 6.54 Å². The molecule has 2 heterocycles. The summed E-state index contributed by atoms with van der Waals surface area (Å²) in [6, 6.07) is 12.3. The highest BCUT2D eigenvalue weighted by atomic mass is 16.3. The summed E-state index contributed by atoms with van der Waals surface area (Å²) in [6.45, 7) is 1.50. The number of hydrogen-bond donors (Lipinski definition) is 2. The SMILES string of the molecule is CN=C(NCCc1ccc(-n2cccn2)cc1)NCc1ccoc1. The summed E-state index contributed by atoms with van der Waals surface area (Å²) in [5, 5.41) is 10.8. The minimum atomic E-state index is 0.689. The third-order valence-electron chi connectivity index (χ3n) is 3.68. The molecule has 0 fully saturated rings. The van der Waals surface area contributed by atoms with E-state index in [1.54, 1.807) is 25.8 Å². The van der Waals surface area contributed by atoms with Crippen LogP contribution in [0.3, 0.4) is 0 Å². The standard InChI is InChI=1S/C18H21N5O/c1-19-18(21-13-16-8-12-24-14-16)20-10-7-15-3-5-17(6-4-15)23-11-2-9-22-23/h2-6,8-9,11-12,14H,7,10,13H2,1H3,(H2,19,20,21). The number of hydrogen-bond acceptors (Lipinski definition) is 3. The highest BCUT2D eigenvalue weighted by Crippen LogP contribution is 2.08. The monoisotopic (exact) mass is 323 g/mol. The largest absolute Gasteiger partial charge is 0.472 e.